The summed E-state index contributed by atoms with van der Waals surface area (Å²) in [5.74, 6) is 0.465. The second-order valence-corrected chi connectivity index (χ2v) is 5.39. The van der Waals surface area contributed by atoms with Crippen molar-refractivity contribution in [2.45, 2.75) is 12.1 Å². The lowest BCUT2D eigenvalue weighted by Gasteiger charge is -2.35. The Hall–Kier alpha value is -2.31. The van der Waals surface area contributed by atoms with Gasteiger partial charge in [0.25, 0.3) is 0 Å². The lowest BCUT2D eigenvalue weighted by Crippen LogP contribution is -2.43. The summed E-state index contributed by atoms with van der Waals surface area (Å²) < 4.78 is 16.3. The lowest BCUT2D eigenvalue weighted by atomic mass is 10.0. The molecule has 2 aromatic rings. The second kappa shape index (κ2) is 6.85. The van der Waals surface area contributed by atoms with Gasteiger partial charge in [-0.15, -0.1) is 0 Å². The highest BCUT2D eigenvalue weighted by Crippen LogP contribution is 2.30. The summed E-state index contributed by atoms with van der Waals surface area (Å²) in [5.41, 5.74) is 0.692. The van der Waals surface area contributed by atoms with Gasteiger partial charge in [-0.25, -0.2) is 0 Å². The Bertz CT molecular complexity index is 655. The van der Waals surface area contributed by atoms with E-state index in [1.807, 2.05) is 11.0 Å². The number of methoxy groups -OCH3 is 1. The van der Waals surface area contributed by atoms with Crippen molar-refractivity contribution < 1.29 is 23.8 Å². The third kappa shape index (κ3) is 3.38. The third-order valence-corrected chi connectivity index (χ3v) is 3.97. The normalized spacial score (nSPS) is 20.1. The molecule has 1 N–H and O–H groups in total. The Morgan fingerprint density at radius 2 is 2.26 bits per heavy atom. The summed E-state index contributed by atoms with van der Waals surface area (Å²) >= 11 is 0. The van der Waals surface area contributed by atoms with Crippen LogP contribution in [0.1, 0.15) is 23.5 Å². The Balaban J connectivity index is 1.84. The number of rotatable bonds is 5. The van der Waals surface area contributed by atoms with E-state index in [4.69, 9.17) is 13.9 Å². The fourth-order valence-corrected chi connectivity index (χ4v) is 2.87. The molecular weight excluding hydrogens is 298 g/mol. The number of carbonyl (C=O) groups is 1. The number of hydrogen-bond donors (Lipinski definition) is 1. The molecule has 1 aromatic carbocycles. The molecule has 1 saturated heterocycles. The molecule has 6 heteroatoms. The van der Waals surface area contributed by atoms with Crippen LogP contribution in [0, 0.1) is 0 Å². The number of nitrogens with zero attached hydrogens (tertiary/aromatic N) is 1. The van der Waals surface area contributed by atoms with Crippen LogP contribution < -0.4 is 4.74 Å². The van der Waals surface area contributed by atoms with Gasteiger partial charge < -0.3 is 19.0 Å². The highest BCUT2D eigenvalue weighted by Gasteiger charge is 2.33. The van der Waals surface area contributed by atoms with Gasteiger partial charge in [-0.2, -0.15) is 0 Å². The predicted molar refractivity (Wildman–Crippen MR) is 82.3 cm³/mol. The van der Waals surface area contributed by atoms with Crippen molar-refractivity contribution in [3.63, 3.8) is 0 Å². The molecule has 0 amide bonds. The van der Waals surface area contributed by atoms with E-state index in [1.54, 1.807) is 43.7 Å². The van der Waals surface area contributed by atoms with Gasteiger partial charge in [0.1, 0.15) is 23.7 Å². The summed E-state index contributed by atoms with van der Waals surface area (Å²) in [6.45, 7) is 1.46. The number of carboxylic acid groups (broad SMARTS) is 1. The Labute approximate surface area is 134 Å². The van der Waals surface area contributed by atoms with Crippen molar-refractivity contribution in [1.29, 1.82) is 0 Å². The van der Waals surface area contributed by atoms with E-state index in [-0.39, 0.29) is 6.10 Å². The van der Waals surface area contributed by atoms with E-state index in [2.05, 4.69) is 0 Å². The highest BCUT2D eigenvalue weighted by molar-refractivity contribution is 5.75. The predicted octanol–water partition coefficient (Wildman–Crippen LogP) is 2.49. The maximum atomic E-state index is 11.8. The standard InChI is InChI=1S/C17H19NO5/c1-21-13-5-2-4-12(10-13)16(17(19)20)18-7-9-23-15(11-18)14-6-3-8-22-14/h2-6,8,10,15-16H,7,9,11H2,1H3,(H,19,20). The molecule has 2 atom stereocenters. The zero-order chi connectivity index (χ0) is 16.2. The van der Waals surface area contributed by atoms with Crippen LogP contribution in [0.25, 0.3) is 0 Å². The minimum absolute atomic E-state index is 0.258. The van der Waals surface area contributed by atoms with Crippen molar-refractivity contribution in [2.24, 2.45) is 0 Å². The molecule has 6 nitrogen and oxygen atoms in total. The van der Waals surface area contributed by atoms with Gasteiger partial charge in [-0.1, -0.05) is 12.1 Å². The lowest BCUT2D eigenvalue weighted by molar-refractivity contribution is -0.147. The molecule has 0 saturated carbocycles. The van der Waals surface area contributed by atoms with Gasteiger partial charge in [0.15, 0.2) is 0 Å². The molecule has 1 aliphatic rings. The van der Waals surface area contributed by atoms with Crippen LogP contribution in [0.5, 0.6) is 5.75 Å². The average molecular weight is 317 g/mol. The van der Waals surface area contributed by atoms with Crippen LogP contribution in [0.4, 0.5) is 0 Å². The quantitative estimate of drug-likeness (QED) is 0.913. The van der Waals surface area contributed by atoms with Crippen molar-refractivity contribution in [2.75, 3.05) is 26.8 Å². The summed E-state index contributed by atoms with van der Waals surface area (Å²) in [6.07, 6.45) is 1.33. The first-order valence-corrected chi connectivity index (χ1v) is 7.45. The summed E-state index contributed by atoms with van der Waals surface area (Å²) in [4.78, 5) is 13.7. The fraction of sp³-hybridized carbons (Fsp3) is 0.353. The molecular formula is C17H19NO5. The number of aliphatic carboxylic acids is 1. The first-order valence-electron chi connectivity index (χ1n) is 7.45. The molecule has 2 unspecified atom stereocenters. The number of carboxylic acids is 1. The van der Waals surface area contributed by atoms with E-state index in [0.29, 0.717) is 36.8 Å². The van der Waals surface area contributed by atoms with Gasteiger partial charge in [0, 0.05) is 13.1 Å². The molecule has 122 valence electrons. The van der Waals surface area contributed by atoms with Crippen LogP contribution in [0.15, 0.2) is 47.1 Å². The zero-order valence-corrected chi connectivity index (χ0v) is 12.8. The molecule has 0 spiro atoms. The number of hydrogen-bond acceptors (Lipinski definition) is 5. The zero-order valence-electron chi connectivity index (χ0n) is 12.8. The van der Waals surface area contributed by atoms with Crippen LogP contribution in [0.2, 0.25) is 0 Å². The molecule has 0 aliphatic carbocycles. The monoisotopic (exact) mass is 317 g/mol. The smallest absolute Gasteiger partial charge is 0.325 e. The number of furan rings is 1. The number of ether oxygens (including phenoxy) is 2. The van der Waals surface area contributed by atoms with Crippen LogP contribution >= 0.6 is 0 Å². The van der Waals surface area contributed by atoms with Crippen molar-refractivity contribution in [1.82, 2.24) is 4.90 Å². The van der Waals surface area contributed by atoms with Crippen LogP contribution in [-0.2, 0) is 9.53 Å². The summed E-state index contributed by atoms with van der Waals surface area (Å²) in [5, 5.41) is 9.71. The van der Waals surface area contributed by atoms with Crippen LogP contribution in [0.3, 0.4) is 0 Å². The largest absolute Gasteiger partial charge is 0.497 e. The molecule has 1 fully saturated rings. The third-order valence-electron chi connectivity index (χ3n) is 3.97. The summed E-state index contributed by atoms with van der Waals surface area (Å²) in [7, 11) is 1.57. The van der Waals surface area contributed by atoms with Crippen molar-refractivity contribution in [3.05, 3.63) is 54.0 Å². The van der Waals surface area contributed by atoms with E-state index in [1.165, 1.54) is 0 Å². The SMILES string of the molecule is COc1cccc(C(C(=O)O)N2CCOC(c3ccco3)C2)c1. The highest BCUT2D eigenvalue weighted by atomic mass is 16.5. The van der Waals surface area contributed by atoms with Crippen molar-refractivity contribution in [3.8, 4) is 5.75 Å². The van der Waals surface area contributed by atoms with Gasteiger partial charge in [-0.3, -0.25) is 9.69 Å². The van der Waals surface area contributed by atoms with Gasteiger partial charge in [0.2, 0.25) is 0 Å². The Morgan fingerprint density at radius 3 is 2.96 bits per heavy atom. The van der Waals surface area contributed by atoms with Crippen molar-refractivity contribution >= 4 is 5.97 Å². The molecule has 3 rings (SSSR count). The van der Waals surface area contributed by atoms with Crippen LogP contribution in [-0.4, -0.2) is 42.8 Å². The molecule has 1 aliphatic heterocycles. The van der Waals surface area contributed by atoms with E-state index in [0.717, 1.165) is 0 Å². The molecule has 1 aromatic heterocycles. The minimum atomic E-state index is -0.890. The topological polar surface area (TPSA) is 72.1 Å². The van der Waals surface area contributed by atoms with Gasteiger partial charge in [-0.05, 0) is 29.8 Å². The molecule has 0 bridgehead atoms. The average Bonchev–Trinajstić information content (AvgIpc) is 3.10. The van der Waals surface area contributed by atoms with E-state index in [9.17, 15) is 9.90 Å². The van der Waals surface area contributed by atoms with E-state index >= 15 is 0 Å². The maximum absolute atomic E-state index is 11.8. The Morgan fingerprint density at radius 1 is 1.39 bits per heavy atom. The maximum Gasteiger partial charge on any atom is 0.325 e. The summed E-state index contributed by atoms with van der Waals surface area (Å²) in [6, 6.07) is 10.1. The molecule has 2 heterocycles. The van der Waals surface area contributed by atoms with E-state index < -0.39 is 12.0 Å². The second-order valence-electron chi connectivity index (χ2n) is 5.39. The molecule has 23 heavy (non-hydrogen) atoms. The fourth-order valence-electron chi connectivity index (χ4n) is 2.87. The first-order chi connectivity index (χ1) is 11.2. The van der Waals surface area contributed by atoms with Gasteiger partial charge >= 0.3 is 5.97 Å². The molecule has 0 radical (unpaired) electrons. The number of morpholine rings is 1. The number of benzene rings is 1. The van der Waals surface area contributed by atoms with Gasteiger partial charge in [0.05, 0.1) is 20.0 Å². The first kappa shape index (κ1) is 15.6. The Kier molecular flexibility index (Phi) is 4.64. The minimum Gasteiger partial charge on any atom is -0.497 e.